The van der Waals surface area contributed by atoms with Crippen LogP contribution < -0.4 is 5.32 Å². The van der Waals surface area contributed by atoms with Crippen LogP contribution in [0.5, 0.6) is 0 Å². The van der Waals surface area contributed by atoms with E-state index in [1.807, 2.05) is 12.1 Å². The Bertz CT molecular complexity index is 490. The van der Waals surface area contributed by atoms with Gasteiger partial charge in [0.15, 0.2) is 0 Å². The molecule has 1 heterocycles. The van der Waals surface area contributed by atoms with E-state index in [-0.39, 0.29) is 17.8 Å². The van der Waals surface area contributed by atoms with E-state index in [0.29, 0.717) is 18.4 Å². The highest BCUT2D eigenvalue weighted by Gasteiger charge is 2.27. The number of fused-ring (bicyclic) bond motifs is 1. The van der Waals surface area contributed by atoms with Crippen LogP contribution in [0, 0.1) is 11.8 Å². The van der Waals surface area contributed by atoms with Crippen molar-refractivity contribution in [3.63, 3.8) is 0 Å². The van der Waals surface area contributed by atoms with Crippen LogP contribution in [0.1, 0.15) is 43.1 Å². The third kappa shape index (κ3) is 4.75. The molecule has 2 rings (SSSR count). The number of aliphatic hydroxyl groups excluding tert-OH is 1. The SMILES string of the molecule is CC(C)CC(CCO)CNC(=O)C1SCCc2ccccc21. The third-order valence-corrected chi connectivity index (χ3v) is 5.38. The smallest absolute Gasteiger partial charge is 0.237 e. The van der Waals surface area contributed by atoms with Crippen molar-refractivity contribution >= 4 is 17.7 Å². The van der Waals surface area contributed by atoms with Crippen molar-refractivity contribution in [2.75, 3.05) is 18.9 Å². The van der Waals surface area contributed by atoms with Crippen molar-refractivity contribution in [3.8, 4) is 0 Å². The molecule has 22 heavy (non-hydrogen) atoms. The lowest BCUT2D eigenvalue weighted by Gasteiger charge is -2.25. The van der Waals surface area contributed by atoms with E-state index in [1.165, 1.54) is 11.1 Å². The van der Waals surface area contributed by atoms with Crippen LogP contribution in [0.4, 0.5) is 0 Å². The Labute approximate surface area is 137 Å². The number of hydrogen-bond donors (Lipinski definition) is 2. The standard InChI is InChI=1S/C18H27NO2S/c1-13(2)11-14(7-9-20)12-19-18(21)17-16-6-4-3-5-15(16)8-10-22-17/h3-6,13-14,17,20H,7-12H2,1-2H3,(H,19,21). The van der Waals surface area contributed by atoms with Crippen molar-refractivity contribution in [1.29, 1.82) is 0 Å². The van der Waals surface area contributed by atoms with Gasteiger partial charge in [0.2, 0.25) is 5.91 Å². The first-order valence-electron chi connectivity index (χ1n) is 8.19. The lowest BCUT2D eigenvalue weighted by atomic mass is 9.94. The highest BCUT2D eigenvalue weighted by atomic mass is 32.2. The van der Waals surface area contributed by atoms with Gasteiger partial charge in [0.1, 0.15) is 5.25 Å². The Hall–Kier alpha value is -1.00. The number of hydrogen-bond acceptors (Lipinski definition) is 3. The molecule has 1 aromatic carbocycles. The molecule has 3 nitrogen and oxygen atoms in total. The number of nitrogens with one attached hydrogen (secondary N) is 1. The van der Waals surface area contributed by atoms with Crippen LogP contribution in [0.25, 0.3) is 0 Å². The molecule has 4 heteroatoms. The molecule has 1 aromatic rings. The lowest BCUT2D eigenvalue weighted by Crippen LogP contribution is -2.34. The van der Waals surface area contributed by atoms with E-state index in [0.717, 1.165) is 25.0 Å². The van der Waals surface area contributed by atoms with Gasteiger partial charge in [-0.25, -0.2) is 0 Å². The molecule has 0 radical (unpaired) electrons. The van der Waals surface area contributed by atoms with Gasteiger partial charge < -0.3 is 10.4 Å². The van der Waals surface area contributed by atoms with Gasteiger partial charge in [-0.1, -0.05) is 38.1 Å². The maximum Gasteiger partial charge on any atom is 0.237 e. The fourth-order valence-corrected chi connectivity index (χ4v) is 4.32. The number of rotatable bonds is 7. The molecule has 0 aromatic heterocycles. The molecule has 0 saturated carbocycles. The van der Waals surface area contributed by atoms with Crippen LogP contribution >= 0.6 is 11.8 Å². The second-order valence-electron chi connectivity index (χ2n) is 6.45. The van der Waals surface area contributed by atoms with E-state index in [1.54, 1.807) is 11.8 Å². The maximum atomic E-state index is 12.6. The minimum atomic E-state index is -0.0845. The zero-order chi connectivity index (χ0) is 15.9. The largest absolute Gasteiger partial charge is 0.396 e. The molecule has 1 amide bonds. The topological polar surface area (TPSA) is 49.3 Å². The number of amides is 1. The van der Waals surface area contributed by atoms with Crippen molar-refractivity contribution in [2.45, 2.75) is 38.4 Å². The molecule has 122 valence electrons. The number of carbonyl (C=O) groups excluding carboxylic acids is 1. The molecule has 1 aliphatic heterocycles. The zero-order valence-corrected chi connectivity index (χ0v) is 14.4. The number of carbonyl (C=O) groups is 1. The first-order valence-corrected chi connectivity index (χ1v) is 9.24. The summed E-state index contributed by atoms with van der Waals surface area (Å²) in [6, 6.07) is 8.26. The quantitative estimate of drug-likeness (QED) is 0.811. The maximum absolute atomic E-state index is 12.6. The first-order chi connectivity index (χ1) is 10.6. The summed E-state index contributed by atoms with van der Waals surface area (Å²) in [5.74, 6) is 2.06. The van der Waals surface area contributed by atoms with Gasteiger partial charge in [-0.05, 0) is 48.0 Å². The van der Waals surface area contributed by atoms with Gasteiger partial charge in [0.25, 0.3) is 0 Å². The van der Waals surface area contributed by atoms with Crippen LogP contribution in [0.3, 0.4) is 0 Å². The van der Waals surface area contributed by atoms with Crippen LogP contribution in [0.2, 0.25) is 0 Å². The van der Waals surface area contributed by atoms with Crippen molar-refractivity contribution < 1.29 is 9.90 Å². The van der Waals surface area contributed by atoms with Crippen molar-refractivity contribution in [2.24, 2.45) is 11.8 Å². The Morgan fingerprint density at radius 2 is 2.18 bits per heavy atom. The average molecular weight is 321 g/mol. The van der Waals surface area contributed by atoms with Gasteiger partial charge in [0, 0.05) is 13.2 Å². The average Bonchev–Trinajstić information content (AvgIpc) is 2.51. The molecular formula is C18H27NO2S. The second kappa shape index (κ2) is 8.59. The zero-order valence-electron chi connectivity index (χ0n) is 13.5. The number of aliphatic hydroxyl groups is 1. The number of thioether (sulfide) groups is 1. The fourth-order valence-electron chi connectivity index (χ4n) is 3.10. The molecule has 2 atom stereocenters. The third-order valence-electron chi connectivity index (χ3n) is 4.14. The van der Waals surface area contributed by atoms with E-state index < -0.39 is 0 Å². The van der Waals surface area contributed by atoms with Gasteiger partial charge in [-0.2, -0.15) is 0 Å². The van der Waals surface area contributed by atoms with Crippen molar-refractivity contribution in [3.05, 3.63) is 35.4 Å². The van der Waals surface area contributed by atoms with E-state index >= 15 is 0 Å². The molecule has 0 saturated heterocycles. The summed E-state index contributed by atoms with van der Waals surface area (Å²) in [7, 11) is 0. The molecule has 0 bridgehead atoms. The minimum absolute atomic E-state index is 0.0845. The van der Waals surface area contributed by atoms with Crippen molar-refractivity contribution in [1.82, 2.24) is 5.32 Å². The van der Waals surface area contributed by atoms with E-state index in [9.17, 15) is 9.90 Å². The molecule has 2 unspecified atom stereocenters. The number of aryl methyl sites for hydroxylation is 1. The summed E-state index contributed by atoms with van der Waals surface area (Å²) in [5.41, 5.74) is 2.47. The van der Waals surface area contributed by atoms with Gasteiger partial charge >= 0.3 is 0 Å². The summed E-state index contributed by atoms with van der Waals surface area (Å²) < 4.78 is 0. The molecule has 0 aliphatic carbocycles. The van der Waals surface area contributed by atoms with Gasteiger partial charge in [-0.3, -0.25) is 4.79 Å². The second-order valence-corrected chi connectivity index (χ2v) is 7.67. The predicted octanol–water partition coefficient (Wildman–Crippen LogP) is 3.18. The van der Waals surface area contributed by atoms with E-state index in [4.69, 9.17) is 0 Å². The normalized spacial score (nSPS) is 18.8. The Kier molecular flexibility index (Phi) is 6.77. The highest BCUT2D eigenvalue weighted by molar-refractivity contribution is 8.00. The summed E-state index contributed by atoms with van der Waals surface area (Å²) in [4.78, 5) is 12.6. The highest BCUT2D eigenvalue weighted by Crippen LogP contribution is 2.36. The van der Waals surface area contributed by atoms with Crippen LogP contribution in [-0.2, 0) is 11.2 Å². The molecular weight excluding hydrogens is 294 g/mol. The summed E-state index contributed by atoms with van der Waals surface area (Å²) in [5, 5.41) is 12.2. The summed E-state index contributed by atoms with van der Waals surface area (Å²) in [6.07, 6.45) is 2.84. The summed E-state index contributed by atoms with van der Waals surface area (Å²) >= 11 is 1.73. The monoisotopic (exact) mass is 321 g/mol. The molecule has 0 fully saturated rings. The Morgan fingerprint density at radius 3 is 2.91 bits per heavy atom. The molecule has 1 aliphatic rings. The predicted molar refractivity (Wildman–Crippen MR) is 93.0 cm³/mol. The van der Waals surface area contributed by atoms with Gasteiger partial charge in [-0.15, -0.1) is 11.8 Å². The van der Waals surface area contributed by atoms with Crippen LogP contribution in [-0.4, -0.2) is 29.9 Å². The number of benzene rings is 1. The first kappa shape index (κ1) is 17.4. The Balaban J connectivity index is 1.95. The summed E-state index contributed by atoms with van der Waals surface area (Å²) in [6.45, 7) is 5.21. The molecule has 2 N–H and O–H groups in total. The fraction of sp³-hybridized carbons (Fsp3) is 0.611. The van der Waals surface area contributed by atoms with Crippen LogP contribution in [0.15, 0.2) is 24.3 Å². The Morgan fingerprint density at radius 1 is 1.41 bits per heavy atom. The molecule has 0 spiro atoms. The minimum Gasteiger partial charge on any atom is -0.396 e. The lowest BCUT2D eigenvalue weighted by molar-refractivity contribution is -0.120. The van der Waals surface area contributed by atoms with Gasteiger partial charge in [0.05, 0.1) is 0 Å². The van der Waals surface area contributed by atoms with E-state index in [2.05, 4.69) is 31.3 Å².